The maximum absolute atomic E-state index is 13.0. The second-order valence-corrected chi connectivity index (χ2v) is 14.9. The third-order valence-electron chi connectivity index (χ3n) is 8.17. The Hall–Kier alpha value is -3.47. The van der Waals surface area contributed by atoms with Crippen molar-refractivity contribution in [2.45, 2.75) is 35.1 Å². The molecule has 2 aliphatic carbocycles. The second-order valence-electron chi connectivity index (χ2n) is 10.2. The number of rotatable bonds is 2. The van der Waals surface area contributed by atoms with Gasteiger partial charge in [-0.3, -0.25) is 0 Å². The summed E-state index contributed by atoms with van der Waals surface area (Å²) in [5, 5.41) is 0. The van der Waals surface area contributed by atoms with E-state index in [4.69, 9.17) is 6.64 Å². The van der Waals surface area contributed by atoms with Crippen LogP contribution in [-0.4, -0.2) is 11.9 Å². The number of carbonyl (C=O) groups is 2. The van der Waals surface area contributed by atoms with E-state index in [1.165, 1.54) is 36.1 Å². The van der Waals surface area contributed by atoms with Gasteiger partial charge in [-0.05, 0) is 0 Å². The molecule has 4 nitrogen and oxygen atoms in total. The summed E-state index contributed by atoms with van der Waals surface area (Å²) in [6, 6.07) is 29.6. The Balaban J connectivity index is 1.66. The first-order valence-electron chi connectivity index (χ1n) is 12.8. The molecule has 1 aliphatic heterocycles. The van der Waals surface area contributed by atoms with Gasteiger partial charge in [-0.2, -0.15) is 0 Å². The Morgan fingerprint density at radius 2 is 1.00 bits per heavy atom. The summed E-state index contributed by atoms with van der Waals surface area (Å²) in [6.07, 6.45) is 1.73. The number of fused-ring (bicyclic) bond motifs is 6. The average molecular weight is 522 g/mol. The maximum atomic E-state index is 13.0. The molecule has 182 valence electrons. The van der Waals surface area contributed by atoms with Crippen LogP contribution >= 0.6 is 0 Å². The molecule has 0 aromatic heterocycles. The van der Waals surface area contributed by atoms with E-state index in [1.807, 2.05) is 24.3 Å². The molecule has 7 rings (SSSR count). The second kappa shape index (κ2) is 8.27. The van der Waals surface area contributed by atoms with Crippen molar-refractivity contribution in [3.8, 4) is 22.3 Å². The summed E-state index contributed by atoms with van der Waals surface area (Å²) in [5.74, 6) is -0.792. The Kier molecular flexibility index (Phi) is 5.08. The molecule has 0 saturated heterocycles. The van der Waals surface area contributed by atoms with Crippen molar-refractivity contribution < 1.29 is 33.6 Å². The molecule has 0 bridgehead atoms. The van der Waals surface area contributed by atoms with E-state index in [1.54, 1.807) is 0 Å². The number of hydrogen-bond acceptors (Lipinski definition) is 4. The zero-order valence-electron chi connectivity index (χ0n) is 20.8. The SMILES string of the molecule is CC(=O)[O][Ti]1([O]C(C)=O)[CH]2c3ccccc3-c3cccc(c32)CCc2cccc3c2[CH]1c1ccccc1-3. The zero-order chi connectivity index (χ0) is 25.3. The molecule has 0 fully saturated rings. The van der Waals surface area contributed by atoms with Gasteiger partial charge in [0.15, 0.2) is 0 Å². The Bertz CT molecular complexity index is 1500. The summed E-state index contributed by atoms with van der Waals surface area (Å²) in [6.45, 7) is 2.90. The van der Waals surface area contributed by atoms with Crippen molar-refractivity contribution in [2.24, 2.45) is 0 Å². The number of benzene rings is 4. The van der Waals surface area contributed by atoms with Gasteiger partial charge in [0.25, 0.3) is 0 Å². The van der Waals surface area contributed by atoms with Crippen LogP contribution in [-0.2, 0) is 46.4 Å². The molecule has 0 amide bonds. The van der Waals surface area contributed by atoms with Crippen molar-refractivity contribution in [1.29, 1.82) is 0 Å². The first-order chi connectivity index (χ1) is 18.0. The van der Waals surface area contributed by atoms with E-state index in [0.717, 1.165) is 46.2 Å². The number of carbonyl (C=O) groups excluding carboxylic acids is 2. The Morgan fingerprint density at radius 3 is 1.43 bits per heavy atom. The number of aryl methyl sites for hydroxylation is 2. The minimum atomic E-state index is -4.55. The monoisotopic (exact) mass is 522 g/mol. The van der Waals surface area contributed by atoms with Crippen LogP contribution in [0.2, 0.25) is 0 Å². The van der Waals surface area contributed by atoms with Gasteiger partial charge in [-0.15, -0.1) is 0 Å². The molecule has 0 saturated carbocycles. The van der Waals surface area contributed by atoms with Gasteiger partial charge < -0.3 is 0 Å². The zero-order valence-corrected chi connectivity index (χ0v) is 22.3. The molecule has 5 heteroatoms. The Morgan fingerprint density at radius 1 is 0.595 bits per heavy atom. The molecule has 2 unspecified atom stereocenters. The van der Waals surface area contributed by atoms with Gasteiger partial charge in [0.1, 0.15) is 0 Å². The molecule has 2 atom stereocenters. The fourth-order valence-electron chi connectivity index (χ4n) is 7.09. The fraction of sp³-hybridized carbons (Fsp3) is 0.188. The van der Waals surface area contributed by atoms with E-state index in [-0.39, 0.29) is 8.45 Å². The molecular weight excluding hydrogens is 496 g/mol. The van der Waals surface area contributed by atoms with Crippen LogP contribution < -0.4 is 0 Å². The van der Waals surface area contributed by atoms with Crippen molar-refractivity contribution in [3.05, 3.63) is 118 Å². The number of hydrogen-bond donors (Lipinski definition) is 0. The summed E-state index contributed by atoms with van der Waals surface area (Å²) < 4.78 is 12.6. The molecular formula is C32H26O4Ti. The van der Waals surface area contributed by atoms with Crippen LogP contribution in [0.5, 0.6) is 0 Å². The van der Waals surface area contributed by atoms with Gasteiger partial charge in [0.05, 0.1) is 0 Å². The van der Waals surface area contributed by atoms with E-state index in [9.17, 15) is 9.59 Å². The van der Waals surface area contributed by atoms with Crippen LogP contribution in [0.1, 0.15) is 55.7 Å². The van der Waals surface area contributed by atoms with E-state index >= 15 is 0 Å². The van der Waals surface area contributed by atoms with Crippen molar-refractivity contribution >= 4 is 11.9 Å². The first-order valence-corrected chi connectivity index (χ1v) is 15.9. The van der Waals surface area contributed by atoms with Crippen molar-refractivity contribution in [3.63, 3.8) is 0 Å². The Labute approximate surface area is 220 Å². The molecule has 37 heavy (non-hydrogen) atoms. The summed E-state index contributed by atoms with van der Waals surface area (Å²) >= 11 is -4.55. The summed E-state index contributed by atoms with van der Waals surface area (Å²) in [7, 11) is 0. The molecule has 3 aliphatic rings. The van der Waals surface area contributed by atoms with Crippen molar-refractivity contribution in [2.75, 3.05) is 0 Å². The summed E-state index contributed by atoms with van der Waals surface area (Å²) in [4.78, 5) is 26.0. The van der Waals surface area contributed by atoms with E-state index < -0.39 is 29.3 Å². The molecule has 4 aromatic rings. The van der Waals surface area contributed by atoms with E-state index in [0.29, 0.717) is 0 Å². The van der Waals surface area contributed by atoms with Crippen LogP contribution in [0, 0.1) is 0 Å². The van der Waals surface area contributed by atoms with Gasteiger partial charge in [0, 0.05) is 0 Å². The third kappa shape index (κ3) is 3.19. The normalized spacial score (nSPS) is 19.3. The van der Waals surface area contributed by atoms with E-state index in [2.05, 4.69) is 60.7 Å². The predicted octanol–water partition coefficient (Wildman–Crippen LogP) is 6.74. The van der Waals surface area contributed by atoms with Crippen LogP contribution in [0.15, 0.2) is 84.9 Å². The van der Waals surface area contributed by atoms with Crippen molar-refractivity contribution in [1.82, 2.24) is 0 Å². The third-order valence-corrected chi connectivity index (χ3v) is 14.4. The molecule has 1 heterocycles. The van der Waals surface area contributed by atoms with Crippen LogP contribution in [0.25, 0.3) is 22.3 Å². The predicted molar refractivity (Wildman–Crippen MR) is 138 cm³/mol. The average Bonchev–Trinajstić information content (AvgIpc) is 3.42. The quantitative estimate of drug-likeness (QED) is 0.274. The van der Waals surface area contributed by atoms with Gasteiger partial charge in [-0.1, -0.05) is 0 Å². The molecule has 0 spiro atoms. The van der Waals surface area contributed by atoms with Gasteiger partial charge in [0.2, 0.25) is 0 Å². The molecule has 4 aromatic carbocycles. The van der Waals surface area contributed by atoms with Gasteiger partial charge in [-0.25, -0.2) is 0 Å². The molecule has 0 radical (unpaired) electrons. The van der Waals surface area contributed by atoms with Crippen LogP contribution in [0.4, 0.5) is 0 Å². The fourth-order valence-corrected chi connectivity index (χ4v) is 14.3. The first kappa shape index (κ1) is 22.7. The standard InChI is InChI=1S/C28H20.2C2H4O2.Ti/c1-3-11-23-21(7-1)17-27-19(9-5-13-25(23)27)15-16-20-10-6-14-26-24-12-4-2-8-22(24)18-28(20)26;2*1-2(3)4;/h1-14,17-18H,15-16H2;2*1H3,(H,3,4);/q;;;+2/p-2. The van der Waals surface area contributed by atoms with Crippen LogP contribution in [0.3, 0.4) is 0 Å². The van der Waals surface area contributed by atoms with Gasteiger partial charge >= 0.3 is 221 Å². The minimum absolute atomic E-state index is 0.287. The topological polar surface area (TPSA) is 52.6 Å². The summed E-state index contributed by atoms with van der Waals surface area (Å²) in [5.41, 5.74) is 11.6. The molecule has 0 N–H and O–H groups in total.